The Morgan fingerprint density at radius 3 is 2.05 bits per heavy atom. The molecule has 0 heterocycles. The zero-order valence-corrected chi connectivity index (χ0v) is 12.3. The lowest BCUT2D eigenvalue weighted by Crippen LogP contribution is -2.06. The van der Waals surface area contributed by atoms with E-state index < -0.39 is 17.8 Å². The Kier molecular flexibility index (Phi) is 4.42. The number of hydrogen-bond donors (Lipinski definition) is 1. The third-order valence-electron chi connectivity index (χ3n) is 2.81. The number of alkyl halides is 3. The van der Waals surface area contributed by atoms with Gasteiger partial charge >= 0.3 is 6.18 Å². The summed E-state index contributed by atoms with van der Waals surface area (Å²) in [4.78, 5) is 0. The number of rotatable bonds is 2. The summed E-state index contributed by atoms with van der Waals surface area (Å²) in [5.74, 6) is 0. The first-order valence-electron chi connectivity index (χ1n) is 5.59. The van der Waals surface area contributed by atoms with Crippen LogP contribution in [0.3, 0.4) is 0 Å². The molecule has 6 heteroatoms. The molecule has 1 nitrogen and oxygen atoms in total. The summed E-state index contributed by atoms with van der Waals surface area (Å²) in [6, 6.07) is 9.28. The SMILES string of the molecule is OC(c1ccc(C(F)(F)F)cc1)c1ccc(Br)c(Cl)c1. The molecule has 0 fully saturated rings. The first-order chi connectivity index (χ1) is 9.29. The van der Waals surface area contributed by atoms with E-state index in [1.807, 2.05) is 0 Å². The van der Waals surface area contributed by atoms with Gasteiger partial charge in [-0.1, -0.05) is 29.8 Å². The van der Waals surface area contributed by atoms with E-state index in [1.165, 1.54) is 12.1 Å². The van der Waals surface area contributed by atoms with E-state index in [0.717, 1.165) is 12.1 Å². The molecule has 0 aromatic heterocycles. The first-order valence-corrected chi connectivity index (χ1v) is 6.76. The summed E-state index contributed by atoms with van der Waals surface area (Å²) in [5, 5.41) is 10.6. The Bertz CT molecular complexity index is 611. The fourth-order valence-electron chi connectivity index (χ4n) is 1.73. The molecule has 2 aromatic carbocycles. The minimum absolute atomic E-state index is 0.372. The minimum atomic E-state index is -4.38. The molecule has 1 atom stereocenters. The van der Waals surface area contributed by atoms with Crippen LogP contribution in [-0.2, 0) is 6.18 Å². The molecule has 0 spiro atoms. The first kappa shape index (κ1) is 15.4. The molecule has 106 valence electrons. The third-order valence-corrected chi connectivity index (χ3v) is 4.05. The number of halogens is 5. The van der Waals surface area contributed by atoms with Gasteiger partial charge in [0, 0.05) is 4.47 Å². The molecule has 1 N–H and O–H groups in total. The molecular weight excluding hydrogens is 357 g/mol. The lowest BCUT2D eigenvalue weighted by Gasteiger charge is -2.13. The van der Waals surface area contributed by atoms with Gasteiger partial charge in [0.15, 0.2) is 0 Å². The topological polar surface area (TPSA) is 20.2 Å². The van der Waals surface area contributed by atoms with E-state index in [4.69, 9.17) is 11.6 Å². The summed E-state index contributed by atoms with van der Waals surface area (Å²) in [7, 11) is 0. The average Bonchev–Trinajstić information content (AvgIpc) is 2.40. The molecule has 0 radical (unpaired) electrons. The minimum Gasteiger partial charge on any atom is -0.384 e. The molecule has 0 saturated carbocycles. The summed E-state index contributed by atoms with van der Waals surface area (Å²) in [6.07, 6.45) is -5.41. The van der Waals surface area contributed by atoms with Gasteiger partial charge in [0.2, 0.25) is 0 Å². The van der Waals surface area contributed by atoms with Crippen molar-refractivity contribution in [2.45, 2.75) is 12.3 Å². The molecule has 20 heavy (non-hydrogen) atoms. The maximum atomic E-state index is 12.5. The molecule has 1 unspecified atom stereocenters. The van der Waals surface area contributed by atoms with Gasteiger partial charge in [0.05, 0.1) is 10.6 Å². The van der Waals surface area contributed by atoms with Gasteiger partial charge in [0.25, 0.3) is 0 Å². The Morgan fingerprint density at radius 1 is 1.00 bits per heavy atom. The van der Waals surface area contributed by atoms with Gasteiger partial charge in [-0.05, 0) is 51.3 Å². The van der Waals surface area contributed by atoms with Crippen molar-refractivity contribution < 1.29 is 18.3 Å². The maximum absolute atomic E-state index is 12.5. The number of hydrogen-bond acceptors (Lipinski definition) is 1. The highest BCUT2D eigenvalue weighted by atomic mass is 79.9. The molecule has 2 aromatic rings. The van der Waals surface area contributed by atoms with Crippen molar-refractivity contribution in [3.8, 4) is 0 Å². The van der Waals surface area contributed by atoms with Crippen LogP contribution in [0.2, 0.25) is 5.02 Å². The fraction of sp³-hybridized carbons (Fsp3) is 0.143. The second-order valence-corrected chi connectivity index (χ2v) is 5.46. The molecule has 0 bridgehead atoms. The van der Waals surface area contributed by atoms with Gasteiger partial charge in [-0.15, -0.1) is 0 Å². The highest BCUT2D eigenvalue weighted by molar-refractivity contribution is 9.10. The maximum Gasteiger partial charge on any atom is 0.416 e. The standard InChI is InChI=1S/C14H9BrClF3O/c15-11-6-3-9(7-12(11)16)13(20)8-1-4-10(5-2-8)14(17,18)19/h1-7,13,20H. The predicted molar refractivity (Wildman–Crippen MR) is 74.7 cm³/mol. The van der Waals surface area contributed by atoms with E-state index in [-0.39, 0.29) is 0 Å². The van der Waals surface area contributed by atoms with Crippen molar-refractivity contribution in [1.29, 1.82) is 0 Å². The van der Waals surface area contributed by atoms with Gasteiger partial charge in [0.1, 0.15) is 6.10 Å². The molecular formula is C14H9BrClF3O. The summed E-state index contributed by atoms with van der Waals surface area (Å²) < 4.78 is 38.1. The van der Waals surface area contributed by atoms with Crippen molar-refractivity contribution in [1.82, 2.24) is 0 Å². The molecule has 0 aliphatic carbocycles. The lowest BCUT2D eigenvalue weighted by molar-refractivity contribution is -0.137. The number of benzene rings is 2. The van der Waals surface area contributed by atoms with Crippen LogP contribution in [0.4, 0.5) is 13.2 Å². The average molecular weight is 366 g/mol. The van der Waals surface area contributed by atoms with Crippen molar-refractivity contribution >= 4 is 27.5 Å². The van der Waals surface area contributed by atoms with Crippen molar-refractivity contribution in [3.63, 3.8) is 0 Å². The number of aliphatic hydroxyl groups excluding tert-OH is 1. The zero-order chi connectivity index (χ0) is 14.9. The van der Waals surface area contributed by atoms with E-state index >= 15 is 0 Å². The number of aliphatic hydroxyl groups is 1. The molecule has 0 saturated heterocycles. The van der Waals surface area contributed by atoms with Crippen molar-refractivity contribution in [2.75, 3.05) is 0 Å². The highest BCUT2D eigenvalue weighted by Gasteiger charge is 2.30. The molecule has 2 rings (SSSR count). The van der Waals surface area contributed by atoms with Crippen LogP contribution in [0.1, 0.15) is 22.8 Å². The van der Waals surface area contributed by atoms with E-state index in [2.05, 4.69) is 15.9 Å². The van der Waals surface area contributed by atoms with Crippen LogP contribution in [0.15, 0.2) is 46.9 Å². The molecule has 0 aliphatic heterocycles. The Morgan fingerprint density at radius 2 is 1.55 bits per heavy atom. The second kappa shape index (κ2) is 5.76. The Labute approximate surface area is 127 Å². The van der Waals surface area contributed by atoms with Crippen LogP contribution in [0.5, 0.6) is 0 Å². The van der Waals surface area contributed by atoms with Crippen LogP contribution in [-0.4, -0.2) is 5.11 Å². The fourth-order valence-corrected chi connectivity index (χ4v) is 2.16. The van der Waals surface area contributed by atoms with Crippen molar-refractivity contribution in [2.24, 2.45) is 0 Å². The smallest absolute Gasteiger partial charge is 0.384 e. The van der Waals surface area contributed by atoms with Crippen LogP contribution in [0.25, 0.3) is 0 Å². The van der Waals surface area contributed by atoms with Crippen molar-refractivity contribution in [3.05, 3.63) is 68.7 Å². The van der Waals surface area contributed by atoms with Gasteiger partial charge in [-0.2, -0.15) is 13.2 Å². The Balaban J connectivity index is 2.29. The lowest BCUT2D eigenvalue weighted by atomic mass is 10.0. The van der Waals surface area contributed by atoms with E-state index in [0.29, 0.717) is 20.6 Å². The molecule has 0 amide bonds. The van der Waals surface area contributed by atoms with Crippen LogP contribution < -0.4 is 0 Å². The third kappa shape index (κ3) is 3.34. The normalized spacial score (nSPS) is 13.3. The predicted octanol–water partition coefficient (Wildman–Crippen LogP) is 5.20. The van der Waals surface area contributed by atoms with Crippen LogP contribution >= 0.6 is 27.5 Å². The molecule has 0 aliphatic rings. The summed E-state index contributed by atoms with van der Waals surface area (Å²) in [6.45, 7) is 0. The zero-order valence-electron chi connectivity index (χ0n) is 9.96. The summed E-state index contributed by atoms with van der Waals surface area (Å²) >= 11 is 9.15. The highest BCUT2D eigenvalue weighted by Crippen LogP contribution is 2.32. The second-order valence-electron chi connectivity index (χ2n) is 4.20. The van der Waals surface area contributed by atoms with Gasteiger partial charge in [-0.3, -0.25) is 0 Å². The quantitative estimate of drug-likeness (QED) is 0.775. The van der Waals surface area contributed by atoms with Crippen LogP contribution in [0, 0.1) is 0 Å². The Hall–Kier alpha value is -1.04. The largest absolute Gasteiger partial charge is 0.416 e. The monoisotopic (exact) mass is 364 g/mol. The summed E-state index contributed by atoms with van der Waals surface area (Å²) in [5.41, 5.74) is 0.136. The van der Waals surface area contributed by atoms with E-state index in [9.17, 15) is 18.3 Å². The van der Waals surface area contributed by atoms with Gasteiger partial charge in [-0.25, -0.2) is 0 Å². The van der Waals surface area contributed by atoms with Gasteiger partial charge < -0.3 is 5.11 Å². The van der Waals surface area contributed by atoms with E-state index in [1.54, 1.807) is 18.2 Å².